The summed E-state index contributed by atoms with van der Waals surface area (Å²) in [5.74, 6) is -1.45. The Morgan fingerprint density at radius 2 is 1.41 bits per heavy atom. The van der Waals surface area contributed by atoms with Gasteiger partial charge in [-0.3, -0.25) is 14.5 Å². The van der Waals surface area contributed by atoms with Crippen LogP contribution in [0.2, 0.25) is 0 Å². The second-order valence-electron chi connectivity index (χ2n) is 7.34. The first kappa shape index (κ1) is 21.1. The summed E-state index contributed by atoms with van der Waals surface area (Å²) in [5.41, 5.74) is 1.48. The molecular formula is C23H26F2N2O2. The minimum Gasteiger partial charge on any atom is -0.313 e. The molecule has 154 valence electrons. The van der Waals surface area contributed by atoms with Crippen LogP contribution in [0.4, 0.5) is 8.78 Å². The van der Waals surface area contributed by atoms with E-state index in [9.17, 15) is 18.4 Å². The van der Waals surface area contributed by atoms with Crippen LogP contribution in [0.15, 0.2) is 42.5 Å². The van der Waals surface area contributed by atoms with Gasteiger partial charge in [-0.1, -0.05) is 43.9 Å². The minimum atomic E-state index is -0.561. The van der Waals surface area contributed by atoms with Crippen molar-refractivity contribution >= 4 is 11.8 Å². The van der Waals surface area contributed by atoms with E-state index in [1.807, 2.05) is 0 Å². The van der Waals surface area contributed by atoms with Crippen LogP contribution in [0.3, 0.4) is 0 Å². The van der Waals surface area contributed by atoms with E-state index in [0.29, 0.717) is 29.8 Å². The predicted octanol–water partition coefficient (Wildman–Crippen LogP) is 4.69. The van der Waals surface area contributed by atoms with Crippen LogP contribution in [0, 0.1) is 11.6 Å². The molecule has 0 saturated heterocycles. The molecule has 2 aromatic rings. The maximum absolute atomic E-state index is 13.5. The highest BCUT2D eigenvalue weighted by Crippen LogP contribution is 2.22. The molecule has 0 aliphatic carbocycles. The van der Waals surface area contributed by atoms with E-state index in [1.165, 1.54) is 17.0 Å². The number of carbonyl (C=O) groups is 2. The topological polar surface area (TPSA) is 49.4 Å². The fourth-order valence-electron chi connectivity index (χ4n) is 3.56. The highest BCUT2D eigenvalue weighted by Gasteiger charge is 2.34. The molecule has 4 nitrogen and oxygen atoms in total. The van der Waals surface area contributed by atoms with E-state index in [1.54, 1.807) is 24.3 Å². The van der Waals surface area contributed by atoms with Crippen molar-refractivity contribution in [3.05, 3.63) is 70.8 Å². The Hall–Kier alpha value is -2.60. The van der Waals surface area contributed by atoms with E-state index < -0.39 is 11.6 Å². The average Bonchev–Trinajstić information content (AvgIpc) is 2.95. The number of unbranched alkanes of at least 4 members (excludes halogenated alkanes) is 5. The van der Waals surface area contributed by atoms with Crippen molar-refractivity contribution in [3.8, 4) is 0 Å². The smallest absolute Gasteiger partial charge is 0.261 e. The third kappa shape index (κ3) is 5.48. The molecule has 1 heterocycles. The molecule has 2 aromatic carbocycles. The lowest BCUT2D eigenvalue weighted by Crippen LogP contribution is -2.30. The van der Waals surface area contributed by atoms with E-state index in [4.69, 9.17) is 0 Å². The second kappa shape index (κ2) is 10.3. The zero-order valence-electron chi connectivity index (χ0n) is 16.4. The number of carbonyl (C=O) groups excluding carboxylic acids is 2. The van der Waals surface area contributed by atoms with Crippen LogP contribution in [-0.2, 0) is 6.54 Å². The number of rotatable bonds is 11. The lowest BCUT2D eigenvalue weighted by Gasteiger charge is -2.13. The fraction of sp³-hybridized carbons (Fsp3) is 0.391. The fourth-order valence-corrected chi connectivity index (χ4v) is 3.56. The quantitative estimate of drug-likeness (QED) is 0.440. The molecule has 0 atom stereocenters. The van der Waals surface area contributed by atoms with Gasteiger partial charge in [-0.05, 0) is 37.6 Å². The van der Waals surface area contributed by atoms with Gasteiger partial charge < -0.3 is 5.32 Å². The van der Waals surface area contributed by atoms with Gasteiger partial charge in [-0.2, -0.15) is 0 Å². The zero-order valence-corrected chi connectivity index (χ0v) is 16.4. The van der Waals surface area contributed by atoms with Gasteiger partial charge >= 0.3 is 0 Å². The Morgan fingerprint density at radius 1 is 0.793 bits per heavy atom. The van der Waals surface area contributed by atoms with E-state index in [-0.39, 0.29) is 11.8 Å². The van der Waals surface area contributed by atoms with Crippen molar-refractivity contribution in [1.29, 1.82) is 0 Å². The van der Waals surface area contributed by atoms with E-state index in [0.717, 1.165) is 51.1 Å². The Kier molecular flexibility index (Phi) is 7.47. The number of hydrogen-bond donors (Lipinski definition) is 1. The number of nitrogens with zero attached hydrogens (tertiary/aromatic N) is 1. The van der Waals surface area contributed by atoms with E-state index >= 15 is 0 Å². The summed E-state index contributed by atoms with van der Waals surface area (Å²) in [5, 5.41) is 3.18. The molecule has 0 spiro atoms. The molecule has 29 heavy (non-hydrogen) atoms. The molecule has 1 N–H and O–H groups in total. The molecule has 0 radical (unpaired) electrons. The Morgan fingerprint density at radius 3 is 2.07 bits per heavy atom. The molecule has 0 bridgehead atoms. The maximum Gasteiger partial charge on any atom is 0.261 e. The van der Waals surface area contributed by atoms with E-state index in [2.05, 4.69) is 5.32 Å². The van der Waals surface area contributed by atoms with Crippen molar-refractivity contribution < 1.29 is 18.4 Å². The Labute approximate surface area is 169 Å². The van der Waals surface area contributed by atoms with Gasteiger partial charge in [0.25, 0.3) is 11.8 Å². The Bertz CT molecular complexity index is 835. The van der Waals surface area contributed by atoms with Crippen molar-refractivity contribution in [2.75, 3.05) is 13.1 Å². The van der Waals surface area contributed by atoms with Gasteiger partial charge in [-0.25, -0.2) is 8.78 Å². The van der Waals surface area contributed by atoms with Gasteiger partial charge in [0.2, 0.25) is 0 Å². The molecule has 1 aliphatic heterocycles. The average molecular weight is 400 g/mol. The number of nitrogens with one attached hydrogen (secondary N) is 1. The maximum atomic E-state index is 13.5. The van der Waals surface area contributed by atoms with Gasteiger partial charge in [0, 0.05) is 24.7 Å². The van der Waals surface area contributed by atoms with Crippen molar-refractivity contribution in [2.45, 2.75) is 45.1 Å². The largest absolute Gasteiger partial charge is 0.313 e. The number of hydrogen-bond acceptors (Lipinski definition) is 3. The van der Waals surface area contributed by atoms with Crippen molar-refractivity contribution in [1.82, 2.24) is 10.2 Å². The highest BCUT2D eigenvalue weighted by molar-refractivity contribution is 6.21. The molecule has 0 aromatic heterocycles. The molecule has 6 heteroatoms. The summed E-state index contributed by atoms with van der Waals surface area (Å²) in [7, 11) is 0. The minimum absolute atomic E-state index is 0.186. The predicted molar refractivity (Wildman–Crippen MR) is 108 cm³/mol. The zero-order chi connectivity index (χ0) is 20.6. The third-order valence-electron chi connectivity index (χ3n) is 5.19. The lowest BCUT2D eigenvalue weighted by molar-refractivity contribution is 0.0651. The summed E-state index contributed by atoms with van der Waals surface area (Å²) < 4.78 is 26.4. The number of fused-ring (bicyclic) bond motifs is 1. The van der Waals surface area contributed by atoms with Crippen molar-refractivity contribution in [3.63, 3.8) is 0 Å². The summed E-state index contributed by atoms with van der Waals surface area (Å²) in [6, 6.07) is 10.6. The van der Waals surface area contributed by atoms with Gasteiger partial charge in [0.15, 0.2) is 0 Å². The lowest BCUT2D eigenvalue weighted by atomic mass is 10.1. The SMILES string of the molecule is O=C1c2ccccc2C(=O)N1CCCCCCCCNCc1ccc(F)cc1F. The standard InChI is InChI=1S/C23H26F2N2O2/c24-18-12-11-17(21(25)15-18)16-26-13-7-3-1-2-4-8-14-27-22(28)19-9-5-6-10-20(19)23(27)29/h5-6,9-12,15,26H,1-4,7-8,13-14,16H2. The normalized spacial score (nSPS) is 13.2. The number of benzene rings is 2. The molecule has 0 fully saturated rings. The van der Waals surface area contributed by atoms with Crippen LogP contribution < -0.4 is 5.32 Å². The van der Waals surface area contributed by atoms with Gasteiger partial charge in [0.05, 0.1) is 11.1 Å². The summed E-state index contributed by atoms with van der Waals surface area (Å²) >= 11 is 0. The molecular weight excluding hydrogens is 374 g/mol. The molecule has 2 amide bonds. The summed E-state index contributed by atoms with van der Waals surface area (Å²) in [4.78, 5) is 25.9. The van der Waals surface area contributed by atoms with Gasteiger partial charge in [-0.15, -0.1) is 0 Å². The van der Waals surface area contributed by atoms with Crippen LogP contribution in [0.25, 0.3) is 0 Å². The number of amides is 2. The summed E-state index contributed by atoms with van der Waals surface area (Å²) in [6.07, 6.45) is 5.97. The van der Waals surface area contributed by atoms with Gasteiger partial charge in [0.1, 0.15) is 11.6 Å². The number of halogens is 2. The molecule has 1 aliphatic rings. The Balaban J connectivity index is 1.22. The van der Waals surface area contributed by atoms with Crippen LogP contribution in [-0.4, -0.2) is 29.8 Å². The second-order valence-corrected chi connectivity index (χ2v) is 7.34. The summed E-state index contributed by atoms with van der Waals surface area (Å²) in [6.45, 7) is 1.65. The van der Waals surface area contributed by atoms with Crippen LogP contribution in [0.5, 0.6) is 0 Å². The first-order valence-electron chi connectivity index (χ1n) is 10.2. The van der Waals surface area contributed by atoms with Crippen molar-refractivity contribution in [2.24, 2.45) is 0 Å². The molecule has 3 rings (SSSR count). The van der Waals surface area contributed by atoms with Crippen LogP contribution in [0.1, 0.15) is 64.8 Å². The monoisotopic (exact) mass is 400 g/mol. The first-order chi connectivity index (χ1) is 14.1. The molecule has 0 saturated carbocycles. The number of imide groups is 1. The first-order valence-corrected chi connectivity index (χ1v) is 10.2. The third-order valence-corrected chi connectivity index (χ3v) is 5.19. The highest BCUT2D eigenvalue weighted by atomic mass is 19.1. The van der Waals surface area contributed by atoms with Crippen LogP contribution >= 0.6 is 0 Å². The molecule has 0 unspecified atom stereocenters.